The number of aromatic nitrogens is 4. The smallest absolute Gasteiger partial charge is 0.217 e. The molecular formula is C28H19FN4O3. The Hall–Kier alpha value is -4.98. The van der Waals surface area contributed by atoms with Gasteiger partial charge in [0.25, 0.3) is 0 Å². The van der Waals surface area contributed by atoms with E-state index in [1.165, 1.54) is 52.9 Å². The van der Waals surface area contributed by atoms with Crippen molar-refractivity contribution in [2.75, 3.05) is 0 Å². The lowest BCUT2D eigenvalue weighted by molar-refractivity contribution is 0.0982. The van der Waals surface area contributed by atoms with Crippen LogP contribution < -0.4 is 0 Å². The van der Waals surface area contributed by atoms with Crippen LogP contribution in [0.15, 0.2) is 97.3 Å². The van der Waals surface area contributed by atoms with Crippen molar-refractivity contribution in [1.82, 2.24) is 19.6 Å². The molecule has 8 heteroatoms. The molecule has 0 aliphatic carbocycles. The molecule has 0 spiro atoms. The summed E-state index contributed by atoms with van der Waals surface area (Å²) in [5.74, 6) is -2.01. The molecule has 0 amide bonds. The summed E-state index contributed by atoms with van der Waals surface area (Å²) in [6.45, 7) is 1.32. The number of nitrogens with zero attached hydrogens (tertiary/aromatic N) is 4. The Kier molecular flexibility index (Phi) is 5.92. The van der Waals surface area contributed by atoms with Crippen molar-refractivity contribution in [3.8, 4) is 11.4 Å². The summed E-state index contributed by atoms with van der Waals surface area (Å²) in [5.41, 5.74) is 1.38. The third-order valence-electron chi connectivity index (χ3n) is 5.61. The quantitative estimate of drug-likeness (QED) is 0.312. The monoisotopic (exact) mass is 478 g/mol. The van der Waals surface area contributed by atoms with Crippen molar-refractivity contribution in [3.05, 3.63) is 131 Å². The summed E-state index contributed by atoms with van der Waals surface area (Å²) in [7, 11) is 0. The van der Waals surface area contributed by atoms with Crippen LogP contribution in [0.25, 0.3) is 11.4 Å². The number of halogens is 1. The minimum absolute atomic E-state index is 0.0254. The SMILES string of the molecule is CC(=O)c1nn(-c2ccccc2)cc1C(=O)c1nn(-c2ccccc2)cc1C(=O)c1ccc(F)cc1. The highest BCUT2D eigenvalue weighted by Crippen LogP contribution is 2.23. The minimum Gasteiger partial charge on any atom is -0.293 e. The Labute approximate surface area is 205 Å². The molecule has 7 nitrogen and oxygen atoms in total. The topological polar surface area (TPSA) is 86.8 Å². The maximum atomic E-state index is 13.8. The van der Waals surface area contributed by atoms with Gasteiger partial charge in [-0.25, -0.2) is 13.8 Å². The van der Waals surface area contributed by atoms with E-state index in [1.807, 2.05) is 24.3 Å². The number of carbonyl (C=O) groups is 3. The van der Waals surface area contributed by atoms with E-state index < -0.39 is 23.2 Å². The lowest BCUT2D eigenvalue weighted by Gasteiger charge is -2.02. The van der Waals surface area contributed by atoms with Crippen molar-refractivity contribution in [3.63, 3.8) is 0 Å². The number of carbonyl (C=O) groups excluding carboxylic acids is 3. The minimum atomic E-state index is -0.623. The molecule has 0 aliphatic heterocycles. The average molecular weight is 478 g/mol. The molecule has 5 aromatic rings. The van der Waals surface area contributed by atoms with Crippen LogP contribution in [-0.4, -0.2) is 36.9 Å². The fourth-order valence-electron chi connectivity index (χ4n) is 3.82. The van der Waals surface area contributed by atoms with Gasteiger partial charge in [-0.15, -0.1) is 0 Å². The van der Waals surface area contributed by atoms with Gasteiger partial charge >= 0.3 is 0 Å². The van der Waals surface area contributed by atoms with E-state index in [1.54, 1.807) is 36.4 Å². The average Bonchev–Trinajstić information content (AvgIpc) is 3.55. The predicted octanol–water partition coefficient (Wildman–Crippen LogP) is 4.86. The summed E-state index contributed by atoms with van der Waals surface area (Å²) < 4.78 is 16.3. The third-order valence-corrected chi connectivity index (χ3v) is 5.61. The van der Waals surface area contributed by atoms with Crippen LogP contribution in [0.2, 0.25) is 0 Å². The molecule has 0 saturated carbocycles. The van der Waals surface area contributed by atoms with Crippen LogP contribution in [0, 0.1) is 5.82 Å². The highest BCUT2D eigenvalue weighted by Gasteiger charge is 2.29. The zero-order valence-electron chi connectivity index (χ0n) is 19.1. The second-order valence-corrected chi connectivity index (χ2v) is 8.06. The van der Waals surface area contributed by atoms with E-state index in [2.05, 4.69) is 10.2 Å². The van der Waals surface area contributed by atoms with Gasteiger partial charge in [0.15, 0.2) is 11.6 Å². The molecule has 0 fully saturated rings. The Morgan fingerprint density at radius 3 is 1.61 bits per heavy atom. The van der Waals surface area contributed by atoms with Gasteiger partial charge in [0, 0.05) is 24.9 Å². The summed E-state index contributed by atoms with van der Waals surface area (Å²) in [5, 5.41) is 8.75. The summed E-state index contributed by atoms with van der Waals surface area (Å²) in [6.07, 6.45) is 2.92. The molecule has 3 aromatic carbocycles. The molecule has 0 atom stereocenters. The van der Waals surface area contributed by atoms with Crippen LogP contribution >= 0.6 is 0 Å². The first kappa shape index (κ1) is 22.8. The first-order valence-electron chi connectivity index (χ1n) is 11.1. The van der Waals surface area contributed by atoms with Gasteiger partial charge in [0.1, 0.15) is 17.2 Å². The number of hydrogen-bond donors (Lipinski definition) is 0. The predicted molar refractivity (Wildman–Crippen MR) is 130 cm³/mol. The van der Waals surface area contributed by atoms with Crippen LogP contribution in [0.3, 0.4) is 0 Å². The number of rotatable bonds is 7. The molecule has 0 bridgehead atoms. The molecule has 36 heavy (non-hydrogen) atoms. The lowest BCUT2D eigenvalue weighted by Crippen LogP contribution is -2.12. The molecule has 0 radical (unpaired) electrons. The van der Waals surface area contributed by atoms with Gasteiger partial charge in [-0.05, 0) is 48.5 Å². The maximum absolute atomic E-state index is 13.8. The molecule has 0 unspecified atom stereocenters. The second kappa shape index (κ2) is 9.34. The lowest BCUT2D eigenvalue weighted by atomic mass is 9.99. The second-order valence-electron chi connectivity index (χ2n) is 8.06. The molecule has 2 heterocycles. The normalized spacial score (nSPS) is 10.8. The highest BCUT2D eigenvalue weighted by atomic mass is 19.1. The number of para-hydroxylation sites is 2. The molecular weight excluding hydrogens is 459 g/mol. The Bertz CT molecular complexity index is 1590. The Morgan fingerprint density at radius 2 is 1.11 bits per heavy atom. The largest absolute Gasteiger partial charge is 0.293 e. The van der Waals surface area contributed by atoms with Gasteiger partial charge < -0.3 is 0 Å². The highest BCUT2D eigenvalue weighted by molar-refractivity contribution is 6.20. The van der Waals surface area contributed by atoms with E-state index >= 15 is 0 Å². The van der Waals surface area contributed by atoms with Crippen molar-refractivity contribution in [2.45, 2.75) is 6.92 Å². The van der Waals surface area contributed by atoms with Crippen molar-refractivity contribution >= 4 is 17.3 Å². The zero-order chi connectivity index (χ0) is 25.2. The fourth-order valence-corrected chi connectivity index (χ4v) is 3.82. The number of benzene rings is 3. The third kappa shape index (κ3) is 4.27. The van der Waals surface area contributed by atoms with Gasteiger partial charge in [-0.2, -0.15) is 10.2 Å². The Balaban J connectivity index is 1.65. The number of ketones is 3. The van der Waals surface area contributed by atoms with Gasteiger partial charge in [-0.3, -0.25) is 14.4 Å². The molecule has 176 valence electrons. The van der Waals surface area contributed by atoms with Crippen LogP contribution in [-0.2, 0) is 0 Å². The van der Waals surface area contributed by atoms with Crippen molar-refractivity contribution < 1.29 is 18.8 Å². The van der Waals surface area contributed by atoms with Crippen LogP contribution in [0.5, 0.6) is 0 Å². The van der Waals surface area contributed by atoms with Gasteiger partial charge in [-0.1, -0.05) is 36.4 Å². The molecule has 0 aliphatic rings. The number of Topliss-reactive ketones (excluding diaryl/α,β-unsaturated/α-hetero) is 1. The molecule has 0 saturated heterocycles. The number of hydrogen-bond acceptors (Lipinski definition) is 5. The van der Waals surface area contributed by atoms with E-state index in [4.69, 9.17) is 0 Å². The summed E-state index contributed by atoms with van der Waals surface area (Å²) >= 11 is 0. The molecule has 0 N–H and O–H groups in total. The molecule has 5 rings (SSSR count). The maximum Gasteiger partial charge on any atom is 0.217 e. The van der Waals surface area contributed by atoms with Crippen LogP contribution in [0.1, 0.15) is 49.4 Å². The van der Waals surface area contributed by atoms with Crippen molar-refractivity contribution in [2.24, 2.45) is 0 Å². The zero-order valence-corrected chi connectivity index (χ0v) is 19.1. The van der Waals surface area contributed by atoms with E-state index in [-0.39, 0.29) is 28.1 Å². The van der Waals surface area contributed by atoms with Gasteiger partial charge in [0.05, 0.1) is 22.5 Å². The Morgan fingerprint density at radius 1 is 0.639 bits per heavy atom. The fraction of sp³-hybridized carbons (Fsp3) is 0.0357. The van der Waals surface area contributed by atoms with Gasteiger partial charge in [0.2, 0.25) is 5.78 Å². The summed E-state index contributed by atoms with van der Waals surface area (Å²) in [6, 6.07) is 23.1. The van der Waals surface area contributed by atoms with Crippen LogP contribution in [0.4, 0.5) is 4.39 Å². The summed E-state index contributed by atoms with van der Waals surface area (Å²) in [4.78, 5) is 39.6. The first-order valence-corrected chi connectivity index (χ1v) is 11.1. The molecule has 2 aromatic heterocycles. The van der Waals surface area contributed by atoms with E-state index in [9.17, 15) is 18.8 Å². The standard InChI is InChI=1S/C28H19FN4O3/c1-18(34)25-23(16-32(30-25)21-8-4-2-5-9-21)28(36)26-24(27(35)19-12-14-20(29)15-13-19)17-33(31-26)22-10-6-3-7-11-22/h2-17H,1H3. The van der Waals surface area contributed by atoms with E-state index in [0.717, 1.165) is 0 Å². The first-order chi connectivity index (χ1) is 17.4. The van der Waals surface area contributed by atoms with Crippen molar-refractivity contribution in [1.29, 1.82) is 0 Å². The van der Waals surface area contributed by atoms with E-state index in [0.29, 0.717) is 11.4 Å².